The van der Waals surface area contributed by atoms with E-state index in [0.717, 1.165) is 16.3 Å². The number of benzene rings is 3. The Bertz CT molecular complexity index is 1180. The van der Waals surface area contributed by atoms with Crippen LogP contribution in [-0.4, -0.2) is 16.9 Å². The van der Waals surface area contributed by atoms with Gasteiger partial charge >= 0.3 is 0 Å². The average molecular weight is 444 g/mol. The maximum atomic E-state index is 12.9. The molecule has 0 aliphatic carbocycles. The fraction of sp³-hybridized carbons (Fsp3) is 0.0952. The van der Waals surface area contributed by atoms with Crippen molar-refractivity contribution in [3.63, 3.8) is 0 Å². The van der Waals surface area contributed by atoms with Crippen molar-refractivity contribution in [2.45, 2.75) is 5.92 Å². The van der Waals surface area contributed by atoms with Crippen molar-refractivity contribution in [3.8, 4) is 0 Å². The summed E-state index contributed by atoms with van der Waals surface area (Å²) in [5, 5.41) is 7.68. The molecule has 3 aromatic carbocycles. The third kappa shape index (κ3) is 3.55. The molecule has 0 saturated carbocycles. The quantitative estimate of drug-likeness (QED) is 0.409. The predicted octanol–water partition coefficient (Wildman–Crippen LogP) is 4.21. The topological polar surface area (TPSA) is 84.2 Å². The molecule has 0 radical (unpaired) electrons. The van der Waals surface area contributed by atoms with E-state index in [1.165, 1.54) is 0 Å². The molecule has 3 aromatic rings. The molecular weight excluding hydrogens is 429 g/mol. The minimum absolute atomic E-state index is 0.195. The monoisotopic (exact) mass is 443 g/mol. The lowest BCUT2D eigenvalue weighted by molar-refractivity contribution is -0.132. The summed E-state index contributed by atoms with van der Waals surface area (Å²) in [6.45, 7) is 0. The Hall–Kier alpha value is -2.67. The normalized spacial score (nSPS) is 18.1. The summed E-state index contributed by atoms with van der Waals surface area (Å²) in [5.74, 6) is -2.72. The van der Waals surface area contributed by atoms with Gasteiger partial charge in [0.2, 0.25) is 11.8 Å². The Labute approximate surface area is 182 Å². The van der Waals surface area contributed by atoms with Crippen LogP contribution in [0.25, 0.3) is 10.8 Å². The van der Waals surface area contributed by atoms with E-state index in [1.807, 2.05) is 36.4 Å². The highest BCUT2D eigenvalue weighted by atomic mass is 35.5. The van der Waals surface area contributed by atoms with Crippen LogP contribution in [0.5, 0.6) is 0 Å². The van der Waals surface area contributed by atoms with Crippen LogP contribution >= 0.6 is 35.4 Å². The second-order valence-electron chi connectivity index (χ2n) is 6.72. The predicted molar refractivity (Wildman–Crippen MR) is 119 cm³/mol. The fourth-order valence-electron chi connectivity index (χ4n) is 3.80. The molecule has 29 heavy (non-hydrogen) atoms. The number of nitrogens with one attached hydrogen (secondary N) is 2. The van der Waals surface area contributed by atoms with Crippen LogP contribution in [0, 0.1) is 5.92 Å². The molecule has 2 atom stereocenters. The lowest BCUT2D eigenvalue weighted by Gasteiger charge is -2.33. The van der Waals surface area contributed by atoms with Crippen molar-refractivity contribution in [1.82, 2.24) is 5.32 Å². The zero-order valence-corrected chi connectivity index (χ0v) is 17.2. The first-order valence-electron chi connectivity index (χ1n) is 8.74. The highest BCUT2D eigenvalue weighted by Crippen LogP contribution is 2.45. The molecule has 0 fully saturated rings. The van der Waals surface area contributed by atoms with Crippen molar-refractivity contribution in [2.24, 2.45) is 11.7 Å². The number of hydrogen-bond donors (Lipinski definition) is 3. The van der Waals surface area contributed by atoms with Gasteiger partial charge in [-0.05, 0) is 52.3 Å². The molecule has 0 aromatic heterocycles. The summed E-state index contributed by atoms with van der Waals surface area (Å²) >= 11 is 17.1. The second-order valence-corrected chi connectivity index (χ2v) is 7.97. The van der Waals surface area contributed by atoms with Crippen molar-refractivity contribution >= 4 is 68.8 Å². The van der Waals surface area contributed by atoms with Crippen LogP contribution in [-0.2, 0) is 9.59 Å². The van der Waals surface area contributed by atoms with E-state index in [-0.39, 0.29) is 5.11 Å². The van der Waals surface area contributed by atoms with Crippen molar-refractivity contribution in [2.75, 3.05) is 5.32 Å². The fourth-order valence-corrected chi connectivity index (χ4v) is 4.21. The number of amides is 2. The van der Waals surface area contributed by atoms with E-state index >= 15 is 0 Å². The van der Waals surface area contributed by atoms with Crippen molar-refractivity contribution < 1.29 is 9.59 Å². The zero-order chi connectivity index (χ0) is 20.7. The first-order valence-corrected chi connectivity index (χ1v) is 9.91. The summed E-state index contributed by atoms with van der Waals surface area (Å²) in [6.07, 6.45) is 0. The lowest BCUT2D eigenvalue weighted by atomic mass is 9.75. The first kappa shape index (κ1) is 19.6. The van der Waals surface area contributed by atoms with Gasteiger partial charge in [0.15, 0.2) is 5.11 Å². The summed E-state index contributed by atoms with van der Waals surface area (Å²) in [7, 11) is 0. The number of anilines is 1. The summed E-state index contributed by atoms with van der Waals surface area (Å²) in [6, 6.07) is 16.6. The minimum atomic E-state index is -1.09. The zero-order valence-electron chi connectivity index (χ0n) is 14.9. The highest BCUT2D eigenvalue weighted by Gasteiger charge is 2.42. The minimum Gasteiger partial charge on any atom is -0.376 e. The van der Waals surface area contributed by atoms with E-state index in [9.17, 15) is 9.59 Å². The van der Waals surface area contributed by atoms with Gasteiger partial charge < -0.3 is 16.4 Å². The van der Waals surface area contributed by atoms with Crippen molar-refractivity contribution in [1.29, 1.82) is 0 Å². The Balaban J connectivity index is 2.00. The van der Waals surface area contributed by atoms with Gasteiger partial charge in [0.25, 0.3) is 0 Å². The van der Waals surface area contributed by atoms with Gasteiger partial charge in [0, 0.05) is 11.6 Å². The molecule has 0 bridgehead atoms. The number of rotatable bonds is 2. The van der Waals surface area contributed by atoms with Gasteiger partial charge in [-0.2, -0.15) is 0 Å². The number of carbonyl (C=O) groups is 2. The average Bonchev–Trinajstić information content (AvgIpc) is 2.68. The van der Waals surface area contributed by atoms with Crippen molar-refractivity contribution in [3.05, 3.63) is 75.8 Å². The molecule has 5 nitrogen and oxygen atoms in total. The maximum Gasteiger partial charge on any atom is 0.239 e. The third-order valence-electron chi connectivity index (χ3n) is 4.99. The summed E-state index contributed by atoms with van der Waals surface area (Å²) < 4.78 is 0. The molecule has 2 unspecified atom stereocenters. The summed E-state index contributed by atoms with van der Waals surface area (Å²) in [5.41, 5.74) is 7.64. The number of carbonyl (C=O) groups excluding carboxylic acids is 2. The molecule has 146 valence electrons. The molecule has 1 aliphatic rings. The van der Waals surface area contributed by atoms with Crippen LogP contribution in [0.15, 0.2) is 54.6 Å². The van der Waals surface area contributed by atoms with E-state index in [2.05, 4.69) is 10.6 Å². The number of thiocarbonyl (C=S) groups is 1. The summed E-state index contributed by atoms with van der Waals surface area (Å²) in [4.78, 5) is 25.8. The van der Waals surface area contributed by atoms with E-state index in [4.69, 9.17) is 41.2 Å². The van der Waals surface area contributed by atoms with Gasteiger partial charge in [-0.25, -0.2) is 0 Å². The SMILES string of the molecule is NC(=S)NC(=O)C1C(=O)Nc2ccc3ccccc3c2C1c1ccc(Cl)c(Cl)c1. The molecule has 0 spiro atoms. The number of halogens is 2. The molecule has 0 saturated heterocycles. The molecule has 8 heteroatoms. The van der Waals surface area contributed by atoms with Gasteiger partial charge in [0.05, 0.1) is 10.0 Å². The number of hydrogen-bond acceptors (Lipinski definition) is 3. The van der Waals surface area contributed by atoms with Gasteiger partial charge in [-0.15, -0.1) is 0 Å². The van der Waals surface area contributed by atoms with Crippen LogP contribution in [0.1, 0.15) is 17.0 Å². The number of nitrogens with two attached hydrogens (primary N) is 1. The largest absolute Gasteiger partial charge is 0.376 e. The standard InChI is InChI=1S/C21H15Cl2N3O2S/c22-13-7-5-11(9-14(13)23)16-17-12-4-2-1-3-10(12)6-8-15(17)25-19(27)18(16)20(28)26-21(24)29/h1-9,16,18H,(H,25,27)(H3,24,26,28,29). The van der Waals surface area contributed by atoms with Crippen LogP contribution < -0.4 is 16.4 Å². The maximum absolute atomic E-state index is 12.9. The molecule has 4 N–H and O–H groups in total. The first-order chi connectivity index (χ1) is 13.9. The Morgan fingerprint density at radius 2 is 1.83 bits per heavy atom. The van der Waals surface area contributed by atoms with Gasteiger partial charge in [0.1, 0.15) is 5.92 Å². The highest BCUT2D eigenvalue weighted by molar-refractivity contribution is 7.80. The molecule has 1 aliphatic heterocycles. The van der Waals surface area contributed by atoms with E-state index in [1.54, 1.807) is 18.2 Å². The number of fused-ring (bicyclic) bond motifs is 3. The lowest BCUT2D eigenvalue weighted by Crippen LogP contribution is -2.47. The van der Waals surface area contributed by atoms with Crippen LogP contribution in [0.3, 0.4) is 0 Å². The van der Waals surface area contributed by atoms with E-state index < -0.39 is 23.7 Å². The molecule has 4 rings (SSSR count). The molecular formula is C21H15Cl2N3O2S. The molecule has 1 heterocycles. The van der Waals surface area contributed by atoms with E-state index in [0.29, 0.717) is 21.3 Å². The smallest absolute Gasteiger partial charge is 0.239 e. The Kier molecular flexibility index (Phi) is 5.17. The van der Waals surface area contributed by atoms with Crippen LogP contribution in [0.4, 0.5) is 5.69 Å². The second kappa shape index (κ2) is 7.63. The van der Waals surface area contributed by atoms with Gasteiger partial charge in [-0.1, -0.05) is 59.6 Å². The van der Waals surface area contributed by atoms with Gasteiger partial charge in [-0.3, -0.25) is 9.59 Å². The Morgan fingerprint density at radius 3 is 2.55 bits per heavy atom. The molecule has 2 amide bonds. The Morgan fingerprint density at radius 1 is 1.07 bits per heavy atom. The third-order valence-corrected chi connectivity index (χ3v) is 5.83. The van der Waals surface area contributed by atoms with Crippen LogP contribution in [0.2, 0.25) is 10.0 Å².